The molecule has 13 aromatic carbocycles. The number of para-hydroxylation sites is 8. The van der Waals surface area contributed by atoms with Gasteiger partial charge in [0.25, 0.3) is 0 Å². The molecule has 0 spiro atoms. The Balaban J connectivity index is 0.889. The summed E-state index contributed by atoms with van der Waals surface area (Å²) in [5.74, 6) is 0. The van der Waals surface area contributed by atoms with Gasteiger partial charge in [0.1, 0.15) is 0 Å². The van der Waals surface area contributed by atoms with Gasteiger partial charge in [-0.2, -0.15) is 0 Å². The first-order valence-corrected chi connectivity index (χ1v) is 29.2. The standard InChI is InChI=1S/C82H62N4/c1-9-25-69(26-10-1)83(70-27-11-2-12-28-70)77-53-45-65(46-54-77)81(66-47-55-78(56-48-66)84(71-29-13-3-14-30-71)72-31-15-4-16-32-72)61-63-41-43-64(44-42-63)62-82(67-49-57-79(58-50-67)85(73-33-17-5-18-34-73)74-35-19-6-20-36-74)68-51-59-80(60-52-68)86(75-37-21-7-22-38-75)76-39-23-8-24-40-76/h1-62H. The maximum atomic E-state index is 2.32. The highest BCUT2D eigenvalue weighted by Gasteiger charge is 2.19. The van der Waals surface area contributed by atoms with Crippen LogP contribution in [0, 0.1) is 0 Å². The lowest BCUT2D eigenvalue weighted by atomic mass is 9.93. The summed E-state index contributed by atoms with van der Waals surface area (Å²) < 4.78 is 0. The molecule has 0 unspecified atom stereocenters. The van der Waals surface area contributed by atoms with Crippen LogP contribution >= 0.6 is 0 Å². The van der Waals surface area contributed by atoms with Crippen molar-refractivity contribution in [3.05, 3.63) is 397 Å². The average Bonchev–Trinajstić information content (AvgIpc) is 2.71. The molecule has 0 aliphatic rings. The molecule has 13 aromatic rings. The third kappa shape index (κ3) is 12.2. The van der Waals surface area contributed by atoms with Crippen LogP contribution in [0.3, 0.4) is 0 Å². The van der Waals surface area contributed by atoms with Crippen molar-refractivity contribution in [2.45, 2.75) is 0 Å². The summed E-state index contributed by atoms with van der Waals surface area (Å²) in [6.07, 6.45) is 4.65. The third-order valence-electron chi connectivity index (χ3n) is 15.4. The first kappa shape index (κ1) is 53.8. The molecule has 13 rings (SSSR count). The largest absolute Gasteiger partial charge is 0.311 e. The molecule has 0 saturated heterocycles. The molecule has 0 aliphatic carbocycles. The number of anilines is 12. The summed E-state index contributed by atoms with van der Waals surface area (Å²) in [4.78, 5) is 9.23. The van der Waals surface area contributed by atoms with Crippen LogP contribution in [0.1, 0.15) is 33.4 Å². The summed E-state index contributed by atoms with van der Waals surface area (Å²) in [5, 5.41) is 0. The SMILES string of the molecule is C(=C(c1ccc(N(c2ccccc2)c2ccccc2)cc1)c1ccc(N(c2ccccc2)c2ccccc2)cc1)c1ccc(C=C(c2ccc(N(c3ccccc3)c3ccccc3)cc2)c2ccc(N(c3ccccc3)c3ccccc3)cc2)cc1. The molecule has 0 heterocycles. The van der Waals surface area contributed by atoms with E-state index < -0.39 is 0 Å². The second kappa shape index (κ2) is 25.8. The molecule has 0 aromatic heterocycles. The van der Waals surface area contributed by atoms with Crippen molar-refractivity contribution in [2.24, 2.45) is 0 Å². The van der Waals surface area contributed by atoms with Gasteiger partial charge in [0.15, 0.2) is 0 Å². The van der Waals surface area contributed by atoms with E-state index in [-0.39, 0.29) is 0 Å². The summed E-state index contributed by atoms with van der Waals surface area (Å²) >= 11 is 0. The molecule has 4 nitrogen and oxygen atoms in total. The van der Waals surface area contributed by atoms with Crippen molar-refractivity contribution in [2.75, 3.05) is 19.6 Å². The van der Waals surface area contributed by atoms with Crippen LogP contribution in [0.5, 0.6) is 0 Å². The molecule has 86 heavy (non-hydrogen) atoms. The van der Waals surface area contributed by atoms with Gasteiger partial charge < -0.3 is 19.6 Å². The quantitative estimate of drug-likeness (QED) is 0.0794. The molecule has 0 atom stereocenters. The first-order valence-electron chi connectivity index (χ1n) is 29.2. The lowest BCUT2D eigenvalue weighted by Crippen LogP contribution is -2.10. The van der Waals surface area contributed by atoms with E-state index >= 15 is 0 Å². The average molecular weight is 1100 g/mol. The number of rotatable bonds is 18. The Hall–Kier alpha value is -11.5. The van der Waals surface area contributed by atoms with Gasteiger partial charge in [0, 0.05) is 68.2 Å². The minimum Gasteiger partial charge on any atom is -0.311 e. The number of hydrogen-bond acceptors (Lipinski definition) is 4. The Kier molecular flexibility index (Phi) is 16.1. The first-order chi connectivity index (χ1) is 42.7. The van der Waals surface area contributed by atoms with Gasteiger partial charge >= 0.3 is 0 Å². The highest BCUT2D eigenvalue weighted by Crippen LogP contribution is 2.41. The van der Waals surface area contributed by atoms with Crippen molar-refractivity contribution < 1.29 is 0 Å². The molecule has 0 radical (unpaired) electrons. The van der Waals surface area contributed by atoms with Crippen molar-refractivity contribution in [1.82, 2.24) is 0 Å². The minimum atomic E-state index is 1.08. The number of benzene rings is 13. The fourth-order valence-corrected chi connectivity index (χ4v) is 11.3. The Labute approximate surface area is 505 Å². The van der Waals surface area contributed by atoms with Gasteiger partial charge in [0.2, 0.25) is 0 Å². The summed E-state index contributed by atoms with van der Waals surface area (Å²) in [6.45, 7) is 0. The third-order valence-corrected chi connectivity index (χ3v) is 15.4. The Morgan fingerprint density at radius 1 is 0.151 bits per heavy atom. The fourth-order valence-electron chi connectivity index (χ4n) is 11.3. The topological polar surface area (TPSA) is 13.0 Å². The molecule has 4 heteroatoms. The molecule has 0 amide bonds. The van der Waals surface area contributed by atoms with E-state index in [1.807, 2.05) is 0 Å². The maximum Gasteiger partial charge on any atom is 0.0462 e. The molecule has 0 N–H and O–H groups in total. The van der Waals surface area contributed by atoms with E-state index in [4.69, 9.17) is 0 Å². The van der Waals surface area contributed by atoms with E-state index in [1.165, 1.54) is 0 Å². The summed E-state index contributed by atoms with van der Waals surface area (Å²) in [7, 11) is 0. The smallest absolute Gasteiger partial charge is 0.0462 e. The Morgan fingerprint density at radius 2 is 0.291 bits per heavy atom. The zero-order valence-corrected chi connectivity index (χ0v) is 47.6. The van der Waals surface area contributed by atoms with Crippen LogP contribution in [0.2, 0.25) is 0 Å². The van der Waals surface area contributed by atoms with Crippen molar-refractivity contribution in [3.8, 4) is 0 Å². The number of hydrogen-bond donors (Lipinski definition) is 0. The monoisotopic (exact) mass is 1100 g/mol. The second-order valence-corrected chi connectivity index (χ2v) is 21.0. The van der Waals surface area contributed by atoms with Crippen LogP contribution in [0.15, 0.2) is 364 Å². The van der Waals surface area contributed by atoms with Gasteiger partial charge in [-0.05, 0) is 202 Å². The molecule has 0 bridgehead atoms. The Morgan fingerprint density at radius 3 is 0.442 bits per heavy atom. The van der Waals surface area contributed by atoms with Gasteiger partial charge in [0.05, 0.1) is 0 Å². The molecular weight excluding hydrogens is 1040 g/mol. The van der Waals surface area contributed by atoms with Crippen LogP contribution in [-0.2, 0) is 0 Å². The van der Waals surface area contributed by atoms with Gasteiger partial charge in [-0.25, -0.2) is 0 Å². The van der Waals surface area contributed by atoms with Crippen molar-refractivity contribution in [3.63, 3.8) is 0 Å². The zero-order valence-electron chi connectivity index (χ0n) is 47.6. The second-order valence-electron chi connectivity index (χ2n) is 21.0. The van der Waals surface area contributed by atoms with E-state index in [1.54, 1.807) is 0 Å². The predicted octanol–water partition coefficient (Wildman–Crippen LogP) is 22.7. The van der Waals surface area contributed by atoms with Crippen LogP contribution in [-0.4, -0.2) is 0 Å². The predicted molar refractivity (Wildman–Crippen MR) is 365 cm³/mol. The number of nitrogens with zero attached hydrogens (tertiary/aromatic N) is 4. The lowest BCUT2D eigenvalue weighted by Gasteiger charge is -2.26. The lowest BCUT2D eigenvalue weighted by molar-refractivity contribution is 1.28. The summed E-state index contributed by atoms with van der Waals surface area (Å²) in [5.41, 5.74) is 22.0. The molecule has 0 saturated carbocycles. The highest BCUT2D eigenvalue weighted by atomic mass is 15.2. The normalized spacial score (nSPS) is 10.8. The molecular formula is C82H62N4. The molecule has 410 valence electrons. The Bertz CT molecular complexity index is 3600. The maximum absolute atomic E-state index is 2.32. The van der Waals surface area contributed by atoms with E-state index in [2.05, 4.69) is 396 Å². The zero-order chi connectivity index (χ0) is 57.7. The fraction of sp³-hybridized carbons (Fsp3) is 0. The molecule has 0 aliphatic heterocycles. The molecule has 0 fully saturated rings. The van der Waals surface area contributed by atoms with Crippen LogP contribution in [0.4, 0.5) is 68.2 Å². The van der Waals surface area contributed by atoms with Crippen LogP contribution < -0.4 is 19.6 Å². The highest BCUT2D eigenvalue weighted by molar-refractivity contribution is 5.95. The van der Waals surface area contributed by atoms with Gasteiger partial charge in [-0.15, -0.1) is 0 Å². The van der Waals surface area contributed by atoms with E-state index in [9.17, 15) is 0 Å². The van der Waals surface area contributed by atoms with E-state index in [0.29, 0.717) is 0 Å². The minimum absolute atomic E-state index is 1.08. The van der Waals surface area contributed by atoms with Gasteiger partial charge in [-0.1, -0.05) is 218 Å². The van der Waals surface area contributed by atoms with Gasteiger partial charge in [-0.3, -0.25) is 0 Å². The summed E-state index contributed by atoms with van der Waals surface area (Å²) in [6, 6.07) is 130. The van der Waals surface area contributed by atoms with Crippen molar-refractivity contribution >= 4 is 91.5 Å². The van der Waals surface area contributed by atoms with Crippen molar-refractivity contribution in [1.29, 1.82) is 0 Å². The van der Waals surface area contributed by atoms with E-state index in [0.717, 1.165) is 113 Å². The van der Waals surface area contributed by atoms with Crippen LogP contribution in [0.25, 0.3) is 23.3 Å².